The summed E-state index contributed by atoms with van der Waals surface area (Å²) in [5.41, 5.74) is 2.69. The first-order chi connectivity index (χ1) is 15.9. The summed E-state index contributed by atoms with van der Waals surface area (Å²) in [4.78, 5) is 14.9. The number of aryl methyl sites for hydroxylation is 1. The van der Waals surface area contributed by atoms with Crippen molar-refractivity contribution in [1.29, 1.82) is 0 Å². The predicted molar refractivity (Wildman–Crippen MR) is 119 cm³/mol. The summed E-state index contributed by atoms with van der Waals surface area (Å²) in [6, 6.07) is 11.1. The van der Waals surface area contributed by atoms with E-state index in [9.17, 15) is 13.6 Å². The molecule has 2 saturated carbocycles. The third-order valence-electron chi connectivity index (χ3n) is 7.09. The average Bonchev–Trinajstić information content (AvgIpc) is 3.46. The molecule has 3 aromatic rings. The normalized spacial score (nSPS) is 19.3. The Balaban J connectivity index is 1.11. The van der Waals surface area contributed by atoms with E-state index in [1.54, 1.807) is 12.1 Å². The topological polar surface area (TPSA) is 47.4 Å². The highest BCUT2D eigenvalue weighted by Gasteiger charge is 2.54. The van der Waals surface area contributed by atoms with Gasteiger partial charge in [0.2, 0.25) is 0 Å². The Hall–Kier alpha value is -3.22. The van der Waals surface area contributed by atoms with Crippen molar-refractivity contribution < 1.29 is 18.3 Å². The van der Waals surface area contributed by atoms with Crippen LogP contribution in [0.5, 0.6) is 5.75 Å². The van der Waals surface area contributed by atoms with E-state index in [1.807, 2.05) is 28.8 Å². The highest BCUT2D eigenvalue weighted by Crippen LogP contribution is 2.54. The molecule has 170 valence electrons. The van der Waals surface area contributed by atoms with E-state index in [0.29, 0.717) is 35.7 Å². The number of rotatable bonds is 5. The first-order valence-electron chi connectivity index (χ1n) is 11.5. The largest absolute Gasteiger partial charge is 0.489 e. The van der Waals surface area contributed by atoms with E-state index < -0.39 is 5.82 Å². The lowest BCUT2D eigenvalue weighted by molar-refractivity contribution is -0.0739. The monoisotopic (exact) mass is 449 g/mol. The number of amides is 1. The molecule has 1 aliphatic heterocycles. The van der Waals surface area contributed by atoms with Gasteiger partial charge in [0.25, 0.3) is 5.91 Å². The van der Waals surface area contributed by atoms with Gasteiger partial charge in [0, 0.05) is 36.3 Å². The molecule has 3 fully saturated rings. The van der Waals surface area contributed by atoms with Crippen LogP contribution in [0.2, 0.25) is 0 Å². The van der Waals surface area contributed by atoms with E-state index >= 15 is 0 Å². The van der Waals surface area contributed by atoms with Crippen LogP contribution < -0.4 is 4.74 Å². The second kappa shape index (κ2) is 7.40. The van der Waals surface area contributed by atoms with Crippen molar-refractivity contribution in [2.24, 2.45) is 5.41 Å². The van der Waals surface area contributed by atoms with E-state index in [4.69, 9.17) is 4.74 Å². The summed E-state index contributed by atoms with van der Waals surface area (Å²) in [6.07, 6.45) is 5.85. The van der Waals surface area contributed by atoms with Crippen molar-refractivity contribution in [3.63, 3.8) is 0 Å². The molecule has 6 rings (SSSR count). The van der Waals surface area contributed by atoms with E-state index in [0.717, 1.165) is 31.2 Å². The number of benzene rings is 2. The van der Waals surface area contributed by atoms with Crippen molar-refractivity contribution in [2.45, 2.75) is 44.8 Å². The second-order valence-corrected chi connectivity index (χ2v) is 9.80. The number of ether oxygens (including phenoxy) is 1. The van der Waals surface area contributed by atoms with Gasteiger partial charge >= 0.3 is 0 Å². The molecule has 1 spiro atoms. The van der Waals surface area contributed by atoms with Crippen LogP contribution in [0.25, 0.3) is 11.3 Å². The first kappa shape index (κ1) is 20.4. The number of nitrogens with zero attached hydrogens (tertiary/aromatic N) is 3. The van der Waals surface area contributed by atoms with Gasteiger partial charge < -0.3 is 9.64 Å². The van der Waals surface area contributed by atoms with E-state index in [-0.39, 0.29) is 29.3 Å². The fraction of sp³-hybridized carbons (Fsp3) is 0.385. The number of likely N-dealkylation sites (tertiary alicyclic amines) is 1. The summed E-state index contributed by atoms with van der Waals surface area (Å²) in [7, 11) is 0. The van der Waals surface area contributed by atoms with Crippen LogP contribution in [-0.2, 0) is 0 Å². The van der Waals surface area contributed by atoms with Crippen LogP contribution in [0.15, 0.2) is 48.7 Å². The molecule has 1 aromatic heterocycles. The Bertz CT molecular complexity index is 1240. The molecule has 0 N–H and O–H groups in total. The lowest BCUT2D eigenvalue weighted by atomic mass is 9.60. The lowest BCUT2D eigenvalue weighted by Crippen LogP contribution is -2.63. The van der Waals surface area contributed by atoms with Crippen molar-refractivity contribution in [1.82, 2.24) is 14.7 Å². The van der Waals surface area contributed by atoms with Gasteiger partial charge in [-0.2, -0.15) is 5.10 Å². The van der Waals surface area contributed by atoms with Crippen molar-refractivity contribution in [3.8, 4) is 17.0 Å². The predicted octanol–water partition coefficient (Wildman–Crippen LogP) is 5.16. The molecular weight excluding hydrogens is 424 g/mol. The molecule has 0 radical (unpaired) electrons. The SMILES string of the molecule is Cc1cn(C2CC3(C2)CN(C(=O)c2ccc(F)cc2OC2CC2)C3)nc1-c1ccccc1F. The average molecular weight is 450 g/mol. The molecule has 2 heterocycles. The quantitative estimate of drug-likeness (QED) is 0.541. The summed E-state index contributed by atoms with van der Waals surface area (Å²) in [6.45, 7) is 3.32. The molecule has 33 heavy (non-hydrogen) atoms. The molecule has 7 heteroatoms. The minimum Gasteiger partial charge on any atom is -0.489 e. The van der Waals surface area contributed by atoms with Gasteiger partial charge in [0.1, 0.15) is 17.4 Å². The molecule has 2 aliphatic carbocycles. The molecular formula is C26H25F2N3O2. The number of halogens is 2. The summed E-state index contributed by atoms with van der Waals surface area (Å²) in [5.74, 6) is -0.414. The Labute approximate surface area is 191 Å². The molecule has 1 saturated heterocycles. The lowest BCUT2D eigenvalue weighted by Gasteiger charge is -2.58. The van der Waals surface area contributed by atoms with Crippen LogP contribution in [0.4, 0.5) is 8.78 Å². The Kier molecular flexibility index (Phi) is 4.57. The summed E-state index contributed by atoms with van der Waals surface area (Å²) < 4.78 is 35.6. The standard InChI is InChI=1S/C26H25F2N3O2/c1-16-13-31(29-24(16)20-4-2-3-5-22(20)28)18-11-26(12-18)14-30(15-26)25(32)21-9-6-17(27)10-23(21)33-19-7-8-19/h2-6,9-10,13,18-19H,7-8,11-12,14-15H2,1H3. The fourth-order valence-electron chi connectivity index (χ4n) is 5.19. The van der Waals surface area contributed by atoms with Crippen molar-refractivity contribution in [2.75, 3.05) is 13.1 Å². The zero-order chi connectivity index (χ0) is 22.7. The van der Waals surface area contributed by atoms with Gasteiger partial charge in [0.15, 0.2) is 0 Å². The van der Waals surface area contributed by atoms with Gasteiger partial charge in [-0.25, -0.2) is 8.78 Å². The molecule has 0 unspecified atom stereocenters. The minimum absolute atomic E-state index is 0.0975. The third kappa shape index (κ3) is 3.59. The third-order valence-corrected chi connectivity index (χ3v) is 7.09. The molecule has 0 bridgehead atoms. The van der Waals surface area contributed by atoms with Crippen molar-refractivity contribution in [3.05, 3.63) is 71.4 Å². The molecule has 0 atom stereocenters. The molecule has 1 amide bonds. The van der Waals surface area contributed by atoms with Crippen LogP contribution in [-0.4, -0.2) is 39.8 Å². The van der Waals surface area contributed by atoms with Gasteiger partial charge in [-0.05, 0) is 62.4 Å². The first-order valence-corrected chi connectivity index (χ1v) is 11.5. The zero-order valence-electron chi connectivity index (χ0n) is 18.4. The van der Waals surface area contributed by atoms with E-state index in [1.165, 1.54) is 24.3 Å². The number of aromatic nitrogens is 2. The smallest absolute Gasteiger partial charge is 0.257 e. The number of carbonyl (C=O) groups excluding carboxylic acids is 1. The molecule has 2 aromatic carbocycles. The van der Waals surface area contributed by atoms with Crippen LogP contribution in [0.1, 0.15) is 47.6 Å². The van der Waals surface area contributed by atoms with E-state index in [2.05, 4.69) is 5.10 Å². The van der Waals surface area contributed by atoms with Crippen molar-refractivity contribution >= 4 is 5.91 Å². The minimum atomic E-state index is -0.395. The molecule has 3 aliphatic rings. The Morgan fingerprint density at radius 3 is 2.61 bits per heavy atom. The maximum Gasteiger partial charge on any atom is 0.257 e. The zero-order valence-corrected chi connectivity index (χ0v) is 18.4. The Morgan fingerprint density at radius 2 is 1.88 bits per heavy atom. The number of carbonyl (C=O) groups is 1. The number of hydrogen-bond donors (Lipinski definition) is 0. The van der Waals surface area contributed by atoms with Crippen LogP contribution in [0, 0.1) is 24.0 Å². The Morgan fingerprint density at radius 1 is 1.12 bits per heavy atom. The van der Waals surface area contributed by atoms with Gasteiger partial charge in [-0.1, -0.05) is 12.1 Å². The maximum absolute atomic E-state index is 14.2. The fourth-order valence-corrected chi connectivity index (χ4v) is 5.19. The maximum atomic E-state index is 14.2. The highest BCUT2D eigenvalue weighted by atomic mass is 19.1. The van der Waals surface area contributed by atoms with Gasteiger partial charge in [-0.3, -0.25) is 9.48 Å². The van der Waals surface area contributed by atoms with Crippen LogP contribution in [0.3, 0.4) is 0 Å². The van der Waals surface area contributed by atoms with Gasteiger partial charge in [-0.15, -0.1) is 0 Å². The molecule has 5 nitrogen and oxygen atoms in total. The number of hydrogen-bond acceptors (Lipinski definition) is 3. The van der Waals surface area contributed by atoms with Gasteiger partial charge in [0.05, 0.1) is 23.4 Å². The van der Waals surface area contributed by atoms with Crippen LogP contribution >= 0.6 is 0 Å². The summed E-state index contributed by atoms with van der Waals surface area (Å²) >= 11 is 0. The second-order valence-electron chi connectivity index (χ2n) is 9.80. The highest BCUT2D eigenvalue weighted by molar-refractivity contribution is 5.97. The summed E-state index contributed by atoms with van der Waals surface area (Å²) in [5, 5.41) is 4.69.